The van der Waals surface area contributed by atoms with E-state index >= 15 is 0 Å². The number of amides is 1. The van der Waals surface area contributed by atoms with Crippen molar-refractivity contribution in [1.82, 2.24) is 0 Å². The maximum Gasteiger partial charge on any atom is 0.258 e. The zero-order chi connectivity index (χ0) is 8.81. The normalized spacial score (nSPS) is 20.8. The number of rotatable bonds is 3. The Morgan fingerprint density at radius 1 is 1.75 bits per heavy atom. The lowest BCUT2D eigenvalue weighted by Gasteiger charge is -2.12. The van der Waals surface area contributed by atoms with Gasteiger partial charge < -0.3 is 15.3 Å². The fourth-order valence-electron chi connectivity index (χ4n) is 0.900. The number of primary amides is 1. The van der Waals surface area contributed by atoms with Crippen LogP contribution in [0.1, 0.15) is 12.8 Å². The molecule has 0 aromatic rings. The Morgan fingerprint density at radius 2 is 2.58 bits per heavy atom. The number of carbonyl (C=O) groups excluding carboxylic acids is 1. The molecule has 0 saturated carbocycles. The molecule has 0 aromatic heterocycles. The van der Waals surface area contributed by atoms with Gasteiger partial charge in [-0.2, -0.15) is 0 Å². The van der Waals surface area contributed by atoms with Crippen molar-refractivity contribution < 1.29 is 14.4 Å². The maximum absolute atomic E-state index is 10.2. The lowest BCUT2D eigenvalue weighted by molar-refractivity contribution is -0.122. The predicted molar refractivity (Wildman–Crippen MR) is 42.6 cm³/mol. The van der Waals surface area contributed by atoms with E-state index in [-0.39, 0.29) is 6.61 Å². The number of ether oxygens (including phenoxy) is 1. The molecule has 0 aromatic carbocycles. The minimum atomic E-state index is -0.518. The Bertz CT molecular complexity index is 183. The van der Waals surface area contributed by atoms with E-state index in [9.17, 15) is 4.79 Å². The summed E-state index contributed by atoms with van der Waals surface area (Å²) < 4.78 is 5.11. The summed E-state index contributed by atoms with van der Waals surface area (Å²) in [7, 11) is 0. The molecule has 1 rings (SSSR count). The summed E-state index contributed by atoms with van der Waals surface area (Å²) in [5, 5.41) is 3.71. The van der Waals surface area contributed by atoms with Gasteiger partial charge in [-0.25, -0.2) is 0 Å². The van der Waals surface area contributed by atoms with Gasteiger partial charge in [0.15, 0.2) is 6.61 Å². The molecule has 1 aliphatic heterocycles. The van der Waals surface area contributed by atoms with E-state index in [0.29, 0.717) is 6.61 Å². The number of nitrogens with zero attached hydrogens (tertiary/aromatic N) is 1. The molecule has 0 unspecified atom stereocenters. The summed E-state index contributed by atoms with van der Waals surface area (Å²) >= 11 is 0. The Morgan fingerprint density at radius 3 is 3.17 bits per heavy atom. The van der Waals surface area contributed by atoms with E-state index in [0.717, 1.165) is 25.2 Å². The largest absolute Gasteiger partial charge is 0.386 e. The van der Waals surface area contributed by atoms with E-state index in [4.69, 9.17) is 10.5 Å². The van der Waals surface area contributed by atoms with Crippen LogP contribution in [0.15, 0.2) is 5.16 Å². The summed E-state index contributed by atoms with van der Waals surface area (Å²) in [6.45, 7) is 1.11. The molecule has 0 spiro atoms. The third-order valence-corrected chi connectivity index (χ3v) is 1.42. The van der Waals surface area contributed by atoms with Gasteiger partial charge in [0.1, 0.15) is 0 Å². The molecular formula is C7H12N2O3. The molecular weight excluding hydrogens is 160 g/mol. The second kappa shape index (κ2) is 4.71. The van der Waals surface area contributed by atoms with Crippen LogP contribution in [0.3, 0.4) is 0 Å². The first kappa shape index (κ1) is 8.99. The van der Waals surface area contributed by atoms with Crippen molar-refractivity contribution in [3.63, 3.8) is 0 Å². The minimum Gasteiger partial charge on any atom is -0.386 e. The lowest BCUT2D eigenvalue weighted by atomic mass is 10.2. The molecule has 5 nitrogen and oxygen atoms in total. The van der Waals surface area contributed by atoms with Crippen LogP contribution in [0.25, 0.3) is 0 Å². The highest BCUT2D eigenvalue weighted by Gasteiger charge is 2.07. The summed E-state index contributed by atoms with van der Waals surface area (Å²) in [4.78, 5) is 14.9. The molecule has 5 heteroatoms. The first-order valence-corrected chi connectivity index (χ1v) is 3.83. The van der Waals surface area contributed by atoms with Gasteiger partial charge >= 0.3 is 0 Å². The second-order valence-electron chi connectivity index (χ2n) is 2.55. The van der Waals surface area contributed by atoms with Crippen molar-refractivity contribution >= 4 is 11.6 Å². The third kappa shape index (κ3) is 3.34. The van der Waals surface area contributed by atoms with Gasteiger partial charge in [0.2, 0.25) is 0 Å². The fourth-order valence-corrected chi connectivity index (χ4v) is 0.900. The van der Waals surface area contributed by atoms with Crippen molar-refractivity contribution in [3.8, 4) is 0 Å². The van der Waals surface area contributed by atoms with Crippen LogP contribution in [-0.2, 0) is 14.4 Å². The van der Waals surface area contributed by atoms with Crippen LogP contribution in [0.2, 0.25) is 0 Å². The number of oxime groups is 1. The lowest BCUT2D eigenvalue weighted by Crippen LogP contribution is -2.20. The van der Waals surface area contributed by atoms with Gasteiger partial charge in [0, 0.05) is 6.61 Å². The number of hydrogen-bond acceptors (Lipinski definition) is 4. The highest BCUT2D eigenvalue weighted by atomic mass is 16.6. The Balaban J connectivity index is 2.20. The van der Waals surface area contributed by atoms with Gasteiger partial charge in [-0.05, 0) is 12.8 Å². The number of hydrogen-bond donors (Lipinski definition) is 1. The van der Waals surface area contributed by atoms with E-state index in [1.807, 2.05) is 0 Å². The number of carbonyl (C=O) groups is 1. The maximum atomic E-state index is 10.2. The molecule has 1 heterocycles. The fraction of sp³-hybridized carbons (Fsp3) is 0.714. The average molecular weight is 172 g/mol. The van der Waals surface area contributed by atoms with Crippen molar-refractivity contribution in [2.75, 3.05) is 19.8 Å². The number of nitrogens with two attached hydrogens (primary N) is 1. The third-order valence-electron chi connectivity index (χ3n) is 1.42. The zero-order valence-corrected chi connectivity index (χ0v) is 6.78. The molecule has 1 amide bonds. The summed E-state index contributed by atoms with van der Waals surface area (Å²) in [6, 6.07) is 0. The molecule has 2 N–H and O–H groups in total. The second-order valence-corrected chi connectivity index (χ2v) is 2.55. The topological polar surface area (TPSA) is 73.9 Å². The van der Waals surface area contributed by atoms with Gasteiger partial charge in [-0.15, -0.1) is 0 Å². The highest BCUT2D eigenvalue weighted by Crippen LogP contribution is 2.02. The molecule has 0 radical (unpaired) electrons. The van der Waals surface area contributed by atoms with Crippen molar-refractivity contribution in [3.05, 3.63) is 0 Å². The zero-order valence-electron chi connectivity index (χ0n) is 6.78. The van der Waals surface area contributed by atoms with E-state index in [1.165, 1.54) is 0 Å². The highest BCUT2D eigenvalue weighted by molar-refractivity contribution is 5.85. The predicted octanol–water partition coefficient (Wildman–Crippen LogP) is -0.345. The molecule has 1 aliphatic rings. The van der Waals surface area contributed by atoms with E-state index in [2.05, 4.69) is 9.99 Å². The monoisotopic (exact) mass is 172 g/mol. The minimum absolute atomic E-state index is 0.163. The first-order chi connectivity index (χ1) is 5.79. The van der Waals surface area contributed by atoms with Gasteiger partial charge in [0.05, 0.1) is 12.3 Å². The van der Waals surface area contributed by atoms with Crippen LogP contribution in [0.5, 0.6) is 0 Å². The Hall–Kier alpha value is -1.10. The van der Waals surface area contributed by atoms with Gasteiger partial charge in [0.25, 0.3) is 5.91 Å². The van der Waals surface area contributed by atoms with Crippen LogP contribution in [0.4, 0.5) is 0 Å². The molecule has 0 atom stereocenters. The van der Waals surface area contributed by atoms with Crippen molar-refractivity contribution in [2.24, 2.45) is 10.9 Å². The van der Waals surface area contributed by atoms with Crippen LogP contribution in [-0.4, -0.2) is 31.4 Å². The van der Waals surface area contributed by atoms with Crippen LogP contribution in [0, 0.1) is 0 Å². The molecule has 12 heavy (non-hydrogen) atoms. The van der Waals surface area contributed by atoms with Gasteiger partial charge in [-0.3, -0.25) is 4.79 Å². The molecule has 0 aliphatic carbocycles. The average Bonchev–Trinajstić information content (AvgIpc) is 2.05. The summed E-state index contributed by atoms with van der Waals surface area (Å²) in [5.41, 5.74) is 5.68. The van der Waals surface area contributed by atoms with Crippen LogP contribution < -0.4 is 5.73 Å². The Labute approximate surface area is 70.5 Å². The standard InChI is InChI=1S/C7H12N2O3/c8-7(10)5-12-9-6-2-1-3-11-4-6/h1-5H2,(H2,8,10)/b9-6+. The van der Waals surface area contributed by atoms with Gasteiger partial charge in [-0.1, -0.05) is 5.16 Å². The van der Waals surface area contributed by atoms with E-state index < -0.39 is 5.91 Å². The molecule has 68 valence electrons. The first-order valence-electron chi connectivity index (χ1n) is 3.83. The Kier molecular flexibility index (Phi) is 3.53. The smallest absolute Gasteiger partial charge is 0.258 e. The van der Waals surface area contributed by atoms with Crippen molar-refractivity contribution in [1.29, 1.82) is 0 Å². The quantitative estimate of drug-likeness (QED) is 0.591. The summed E-state index contributed by atoms with van der Waals surface area (Å²) in [5.74, 6) is -0.518. The molecule has 1 saturated heterocycles. The molecule has 0 bridgehead atoms. The summed E-state index contributed by atoms with van der Waals surface area (Å²) in [6.07, 6.45) is 1.83. The van der Waals surface area contributed by atoms with Crippen molar-refractivity contribution in [2.45, 2.75) is 12.8 Å². The SMILES string of the molecule is NC(=O)CO/N=C1\CCCOC1. The van der Waals surface area contributed by atoms with E-state index in [1.54, 1.807) is 0 Å². The molecule has 1 fully saturated rings. The van der Waals surface area contributed by atoms with Crippen LogP contribution >= 0.6 is 0 Å².